The maximum atomic E-state index is 13.2. The van der Waals surface area contributed by atoms with Crippen LogP contribution >= 0.6 is 0 Å². The van der Waals surface area contributed by atoms with Gasteiger partial charge in [-0.05, 0) is 71.5 Å². The molecule has 5 nitrogen and oxygen atoms in total. The number of benzene rings is 4. The summed E-state index contributed by atoms with van der Waals surface area (Å²) in [5, 5.41) is 30.3. The molecule has 1 saturated heterocycles. The maximum Gasteiger partial charge on any atom is 0.166 e. The Labute approximate surface area is 226 Å². The molecule has 10 rings (SSSR count). The summed E-state index contributed by atoms with van der Waals surface area (Å²) in [5.41, 5.74) is 4.14. The van der Waals surface area contributed by atoms with Gasteiger partial charge in [-0.3, -0.25) is 4.90 Å². The molecule has 5 heteroatoms. The predicted molar refractivity (Wildman–Crippen MR) is 152 cm³/mol. The van der Waals surface area contributed by atoms with E-state index in [0.717, 1.165) is 48.6 Å². The summed E-state index contributed by atoms with van der Waals surface area (Å²) in [6, 6.07) is 21.2. The number of likely N-dealkylation sites (tertiary alicyclic amines) is 1. The number of aromatic nitrogens is 1. The fraction of sp³-hybridized carbons (Fsp3) is 0.353. The third-order valence-corrected chi connectivity index (χ3v) is 11.0. The van der Waals surface area contributed by atoms with E-state index >= 15 is 0 Å². The lowest BCUT2D eigenvalue weighted by molar-refractivity contribution is -0.173. The number of aromatic amines is 1. The molecule has 4 aromatic carbocycles. The van der Waals surface area contributed by atoms with Gasteiger partial charge in [-0.2, -0.15) is 0 Å². The maximum absolute atomic E-state index is 13.2. The van der Waals surface area contributed by atoms with Gasteiger partial charge in [-0.1, -0.05) is 54.6 Å². The average molecular weight is 515 g/mol. The summed E-state index contributed by atoms with van der Waals surface area (Å²) in [5.74, 6) is 1.54. The lowest BCUT2D eigenvalue weighted by Crippen LogP contribution is -2.74. The quantitative estimate of drug-likeness (QED) is 0.258. The second kappa shape index (κ2) is 6.78. The fourth-order valence-corrected chi connectivity index (χ4v) is 9.28. The topological polar surface area (TPSA) is 68.7 Å². The lowest BCUT2D eigenvalue weighted by Gasteiger charge is -2.62. The van der Waals surface area contributed by atoms with E-state index < -0.39 is 11.0 Å². The van der Waals surface area contributed by atoms with Crippen molar-refractivity contribution in [3.63, 3.8) is 0 Å². The summed E-state index contributed by atoms with van der Waals surface area (Å²) < 4.78 is 6.82. The number of nitrogens with zero attached hydrogens (tertiary/aromatic N) is 1. The fourth-order valence-electron chi connectivity index (χ4n) is 9.28. The Morgan fingerprint density at radius 1 is 0.949 bits per heavy atom. The second-order valence-electron chi connectivity index (χ2n) is 12.8. The molecule has 39 heavy (non-hydrogen) atoms. The van der Waals surface area contributed by atoms with Gasteiger partial charge in [0, 0.05) is 35.3 Å². The van der Waals surface area contributed by atoms with Gasteiger partial charge in [-0.15, -0.1) is 0 Å². The van der Waals surface area contributed by atoms with E-state index in [4.69, 9.17) is 4.74 Å². The Balaban J connectivity index is 1.32. The summed E-state index contributed by atoms with van der Waals surface area (Å²) in [6.45, 7) is 2.03. The summed E-state index contributed by atoms with van der Waals surface area (Å²) in [4.78, 5) is 6.48. The first-order valence-corrected chi connectivity index (χ1v) is 14.5. The number of rotatable bonds is 2. The van der Waals surface area contributed by atoms with Gasteiger partial charge in [0.05, 0.1) is 22.2 Å². The summed E-state index contributed by atoms with van der Waals surface area (Å²) in [6.07, 6.45) is 4.47. The summed E-state index contributed by atoms with van der Waals surface area (Å²) in [7, 11) is 0. The van der Waals surface area contributed by atoms with Crippen molar-refractivity contribution in [2.45, 2.75) is 55.3 Å². The molecular weight excluding hydrogens is 484 g/mol. The Morgan fingerprint density at radius 2 is 1.69 bits per heavy atom. The number of H-pyrrole nitrogens is 1. The van der Waals surface area contributed by atoms with E-state index in [1.165, 1.54) is 50.9 Å². The SMILES string of the molecule is Oc1ccc2c3c1O[C@H]1c4[nH]c5c6ccccc6c6ccccc6c5c4C[C@@]4(O)[C@@H](C2)N(CC2CC2)CC[C@]314. The van der Waals surface area contributed by atoms with Crippen molar-refractivity contribution in [3.05, 3.63) is 83.0 Å². The highest BCUT2D eigenvalue weighted by atomic mass is 16.5. The van der Waals surface area contributed by atoms with E-state index in [-0.39, 0.29) is 17.9 Å². The number of aliphatic hydroxyl groups is 1. The molecule has 3 heterocycles. The van der Waals surface area contributed by atoms with Crippen LogP contribution in [0, 0.1) is 5.92 Å². The molecule has 5 aliphatic rings. The standard InChI is InChI=1S/C34H30N2O3/c37-25-12-11-19-15-26-34(38)16-24-27-22-7-3-1-5-20(22)21-6-2-4-8-23(21)29(27)35-30(24)32-33(34,28(19)31(25)39-32)13-14-36(26)17-18-9-10-18/h1-8,11-12,18,26,32,35,37-38H,9-10,13-17H2/t26-,32+,33+,34-/m1/s1. The van der Waals surface area contributed by atoms with Crippen molar-refractivity contribution < 1.29 is 14.9 Å². The van der Waals surface area contributed by atoms with Gasteiger partial charge in [0.2, 0.25) is 0 Å². The van der Waals surface area contributed by atoms with Crippen LogP contribution < -0.4 is 4.74 Å². The number of nitrogens with one attached hydrogen (secondary N) is 1. The number of hydrogen-bond donors (Lipinski definition) is 3. The highest BCUT2D eigenvalue weighted by Gasteiger charge is 2.73. The molecule has 0 unspecified atom stereocenters. The molecule has 194 valence electrons. The predicted octanol–water partition coefficient (Wildman–Crippen LogP) is 5.88. The second-order valence-corrected chi connectivity index (χ2v) is 12.8. The zero-order chi connectivity index (χ0) is 25.7. The van der Waals surface area contributed by atoms with Crippen molar-refractivity contribution in [2.24, 2.45) is 5.92 Å². The molecule has 2 bridgehead atoms. The largest absolute Gasteiger partial charge is 0.504 e. The van der Waals surface area contributed by atoms with Gasteiger partial charge in [0.1, 0.15) is 0 Å². The normalized spacial score (nSPS) is 30.5. The Kier molecular flexibility index (Phi) is 3.70. The molecule has 2 aliphatic heterocycles. The molecule has 1 saturated carbocycles. The lowest BCUT2D eigenvalue weighted by atomic mass is 9.49. The monoisotopic (exact) mass is 514 g/mol. The van der Waals surface area contributed by atoms with Crippen LogP contribution in [0.1, 0.15) is 47.8 Å². The molecule has 5 aromatic rings. The Bertz CT molecular complexity index is 1900. The summed E-state index contributed by atoms with van der Waals surface area (Å²) >= 11 is 0. The van der Waals surface area contributed by atoms with Crippen LogP contribution in [0.3, 0.4) is 0 Å². The van der Waals surface area contributed by atoms with Gasteiger partial charge in [-0.25, -0.2) is 0 Å². The molecule has 4 atom stereocenters. The van der Waals surface area contributed by atoms with Gasteiger partial charge < -0.3 is 19.9 Å². The third-order valence-electron chi connectivity index (χ3n) is 11.0. The number of ether oxygens (including phenoxy) is 1. The van der Waals surface area contributed by atoms with E-state index in [9.17, 15) is 10.2 Å². The van der Waals surface area contributed by atoms with Crippen LogP contribution in [0.2, 0.25) is 0 Å². The van der Waals surface area contributed by atoms with E-state index in [1.807, 2.05) is 0 Å². The number of aromatic hydroxyl groups is 1. The minimum absolute atomic E-state index is 0.0331. The van der Waals surface area contributed by atoms with Gasteiger partial charge >= 0.3 is 0 Å². The molecule has 3 aliphatic carbocycles. The van der Waals surface area contributed by atoms with Crippen molar-refractivity contribution in [1.29, 1.82) is 0 Å². The zero-order valence-electron chi connectivity index (χ0n) is 21.7. The van der Waals surface area contributed by atoms with Crippen molar-refractivity contribution >= 4 is 32.4 Å². The van der Waals surface area contributed by atoms with Crippen LogP contribution in [0.25, 0.3) is 32.4 Å². The average Bonchev–Trinajstić information content (AvgIpc) is 3.58. The molecule has 0 amide bonds. The van der Waals surface area contributed by atoms with Gasteiger partial charge in [0.15, 0.2) is 17.6 Å². The number of hydrogen-bond acceptors (Lipinski definition) is 4. The molecule has 3 N–H and O–H groups in total. The number of piperidine rings is 1. The van der Waals surface area contributed by atoms with Crippen molar-refractivity contribution in [3.8, 4) is 11.5 Å². The first-order valence-electron chi connectivity index (χ1n) is 14.5. The Morgan fingerprint density at radius 3 is 2.49 bits per heavy atom. The minimum atomic E-state index is -0.980. The number of phenols is 1. The van der Waals surface area contributed by atoms with Crippen molar-refractivity contribution in [1.82, 2.24) is 9.88 Å². The van der Waals surface area contributed by atoms with Crippen LogP contribution in [0.15, 0.2) is 60.7 Å². The highest BCUT2D eigenvalue weighted by molar-refractivity contribution is 6.25. The van der Waals surface area contributed by atoms with Crippen molar-refractivity contribution in [2.75, 3.05) is 13.1 Å². The van der Waals surface area contributed by atoms with Crippen LogP contribution in [0.4, 0.5) is 0 Å². The molecule has 1 spiro atoms. The molecule has 2 fully saturated rings. The van der Waals surface area contributed by atoms with Crippen LogP contribution in [-0.2, 0) is 18.3 Å². The Hall–Kier alpha value is -3.54. The van der Waals surface area contributed by atoms with E-state index in [2.05, 4.69) is 64.5 Å². The zero-order valence-corrected chi connectivity index (χ0v) is 21.7. The first-order chi connectivity index (χ1) is 19.1. The minimum Gasteiger partial charge on any atom is -0.504 e. The van der Waals surface area contributed by atoms with E-state index in [1.54, 1.807) is 6.07 Å². The van der Waals surface area contributed by atoms with E-state index in [0.29, 0.717) is 12.2 Å². The molecule has 1 aromatic heterocycles. The first kappa shape index (κ1) is 21.3. The molecular formula is C34H30N2O3. The van der Waals surface area contributed by atoms with Crippen LogP contribution in [0.5, 0.6) is 11.5 Å². The van der Waals surface area contributed by atoms with Crippen LogP contribution in [-0.4, -0.2) is 44.8 Å². The smallest absolute Gasteiger partial charge is 0.166 e. The number of fused-ring (bicyclic) bond motifs is 9. The van der Waals surface area contributed by atoms with Gasteiger partial charge in [0.25, 0.3) is 0 Å². The number of phenolic OH excluding ortho intramolecular Hbond substituents is 1. The highest BCUT2D eigenvalue weighted by Crippen LogP contribution is 2.69. The third kappa shape index (κ3) is 2.34. The molecule has 0 radical (unpaired) electrons.